The molecule has 2 nitrogen and oxygen atoms in total. The van der Waals surface area contributed by atoms with Crippen molar-refractivity contribution in [2.45, 2.75) is 34.1 Å². The van der Waals surface area contributed by atoms with Gasteiger partial charge in [-0.3, -0.25) is 0 Å². The summed E-state index contributed by atoms with van der Waals surface area (Å²) in [5.41, 5.74) is 1.75. The van der Waals surface area contributed by atoms with E-state index in [0.29, 0.717) is 5.76 Å². The zero-order valence-corrected chi connectivity index (χ0v) is 11.1. The van der Waals surface area contributed by atoms with Crippen LogP contribution in [0.4, 0.5) is 0 Å². The molecule has 1 atom stereocenters. The van der Waals surface area contributed by atoms with Gasteiger partial charge in [0.15, 0.2) is 0 Å². The van der Waals surface area contributed by atoms with E-state index in [1.807, 2.05) is 25.4 Å². The Balaban J connectivity index is 0.000000606. The van der Waals surface area contributed by atoms with Crippen LogP contribution in [0.5, 0.6) is 0 Å². The molecule has 0 fully saturated rings. The quantitative estimate of drug-likeness (QED) is 0.814. The predicted molar refractivity (Wildman–Crippen MR) is 70.8 cm³/mol. The average molecular weight is 237 g/mol. The highest BCUT2D eigenvalue weighted by atomic mass is 32.1. The van der Waals surface area contributed by atoms with Crippen molar-refractivity contribution in [2.24, 2.45) is 5.41 Å². The standard InChI is InChI=1S/C11H13NOS.C2H6/c1-3-11(2)5-8(13)4-9-10(6-11)14-7-12-9;1-2/h4-7,13H,3H2,1-2H3;1-2H3. The van der Waals surface area contributed by atoms with Gasteiger partial charge in [-0.25, -0.2) is 4.98 Å². The molecular weight excluding hydrogens is 218 g/mol. The van der Waals surface area contributed by atoms with Gasteiger partial charge in [-0.15, -0.1) is 11.3 Å². The van der Waals surface area contributed by atoms with Crippen LogP contribution in [0.25, 0.3) is 12.2 Å². The number of nitrogens with zero attached hydrogens (tertiary/aromatic N) is 1. The van der Waals surface area contributed by atoms with Crippen molar-refractivity contribution in [3.05, 3.63) is 27.2 Å². The van der Waals surface area contributed by atoms with Gasteiger partial charge in [-0.05, 0) is 12.5 Å². The van der Waals surface area contributed by atoms with E-state index >= 15 is 0 Å². The van der Waals surface area contributed by atoms with Crippen LogP contribution < -0.4 is 9.88 Å². The Bertz CT molecular complexity index is 486. The molecule has 0 saturated heterocycles. The number of rotatable bonds is 1. The fourth-order valence-corrected chi connectivity index (χ4v) is 2.39. The summed E-state index contributed by atoms with van der Waals surface area (Å²) in [5.74, 6) is 0.315. The Kier molecular flexibility index (Phi) is 4.30. The molecule has 0 aromatic carbocycles. The number of thiazole rings is 1. The third-order valence-corrected chi connectivity index (χ3v) is 3.40. The predicted octanol–water partition coefficient (Wildman–Crippen LogP) is 2.60. The van der Waals surface area contributed by atoms with E-state index in [1.54, 1.807) is 17.4 Å². The van der Waals surface area contributed by atoms with E-state index in [-0.39, 0.29) is 5.41 Å². The molecular formula is C13H19NOS. The maximum Gasteiger partial charge on any atom is 0.114 e. The van der Waals surface area contributed by atoms with Crippen molar-refractivity contribution in [2.75, 3.05) is 0 Å². The second kappa shape index (κ2) is 5.30. The van der Waals surface area contributed by atoms with Crippen molar-refractivity contribution < 1.29 is 5.11 Å². The van der Waals surface area contributed by atoms with Crippen LogP contribution in [0.15, 0.2) is 17.3 Å². The fourth-order valence-electron chi connectivity index (χ4n) is 1.55. The van der Waals surface area contributed by atoms with Crippen molar-refractivity contribution in [3.63, 3.8) is 0 Å². The van der Waals surface area contributed by atoms with Gasteiger partial charge in [0, 0.05) is 11.5 Å². The van der Waals surface area contributed by atoms with Gasteiger partial charge in [-0.2, -0.15) is 0 Å². The third-order valence-electron chi connectivity index (χ3n) is 2.61. The minimum absolute atomic E-state index is 0.0572. The SMILES string of the molecule is CC.CCC1(C)C=C(O)C=c2ncsc2=C1. The van der Waals surface area contributed by atoms with Crippen LogP contribution >= 0.6 is 11.3 Å². The van der Waals surface area contributed by atoms with E-state index in [9.17, 15) is 5.11 Å². The van der Waals surface area contributed by atoms with Crippen LogP contribution in [0, 0.1) is 5.41 Å². The molecule has 1 aliphatic rings. The number of hydrogen-bond acceptors (Lipinski definition) is 3. The van der Waals surface area contributed by atoms with Crippen molar-refractivity contribution >= 4 is 23.5 Å². The maximum atomic E-state index is 9.67. The van der Waals surface area contributed by atoms with Crippen LogP contribution in [0.3, 0.4) is 0 Å². The summed E-state index contributed by atoms with van der Waals surface area (Å²) in [4.78, 5) is 4.20. The molecule has 0 radical (unpaired) electrons. The molecule has 3 heteroatoms. The Hall–Kier alpha value is -1.09. The lowest BCUT2D eigenvalue weighted by Gasteiger charge is -2.18. The molecule has 0 aliphatic heterocycles. The number of aromatic nitrogens is 1. The van der Waals surface area contributed by atoms with Crippen LogP contribution in [-0.4, -0.2) is 10.1 Å². The Labute approximate surface area is 101 Å². The van der Waals surface area contributed by atoms with E-state index in [0.717, 1.165) is 16.3 Å². The second-order valence-electron chi connectivity index (χ2n) is 3.82. The number of fused-ring (bicyclic) bond motifs is 1. The molecule has 1 N–H and O–H groups in total. The summed E-state index contributed by atoms with van der Waals surface area (Å²) in [7, 11) is 0. The zero-order valence-electron chi connectivity index (χ0n) is 10.3. The van der Waals surface area contributed by atoms with Gasteiger partial charge in [0.05, 0.1) is 15.4 Å². The number of allylic oxidation sites excluding steroid dienone is 2. The fraction of sp³-hybridized carbons (Fsp3) is 0.462. The molecule has 0 bridgehead atoms. The molecule has 2 rings (SSSR count). The highest BCUT2D eigenvalue weighted by Gasteiger charge is 2.18. The first-order valence-electron chi connectivity index (χ1n) is 5.69. The van der Waals surface area contributed by atoms with E-state index in [1.165, 1.54) is 0 Å². The minimum atomic E-state index is -0.0572. The van der Waals surface area contributed by atoms with Gasteiger partial charge in [0.25, 0.3) is 0 Å². The first-order chi connectivity index (χ1) is 7.63. The zero-order chi connectivity index (χ0) is 12.2. The highest BCUT2D eigenvalue weighted by molar-refractivity contribution is 7.07. The maximum absolute atomic E-state index is 9.67. The summed E-state index contributed by atoms with van der Waals surface area (Å²) < 4.78 is 1.15. The molecule has 88 valence electrons. The molecule has 1 aliphatic carbocycles. The molecule has 0 amide bonds. The van der Waals surface area contributed by atoms with Gasteiger partial charge in [0.2, 0.25) is 0 Å². The topological polar surface area (TPSA) is 33.1 Å². The van der Waals surface area contributed by atoms with Crippen molar-refractivity contribution in [1.82, 2.24) is 4.98 Å². The first kappa shape index (κ1) is 13.0. The molecule has 1 aromatic rings. The second-order valence-corrected chi connectivity index (χ2v) is 4.71. The normalized spacial score (nSPS) is 22.6. The van der Waals surface area contributed by atoms with E-state index in [2.05, 4.69) is 24.9 Å². The summed E-state index contributed by atoms with van der Waals surface area (Å²) in [6, 6.07) is 0. The molecule has 16 heavy (non-hydrogen) atoms. The van der Waals surface area contributed by atoms with Crippen molar-refractivity contribution in [3.8, 4) is 0 Å². The van der Waals surface area contributed by atoms with Crippen molar-refractivity contribution in [1.29, 1.82) is 0 Å². The molecule has 1 unspecified atom stereocenters. The lowest BCUT2D eigenvalue weighted by Crippen LogP contribution is -2.22. The Morgan fingerprint density at radius 3 is 2.69 bits per heavy atom. The van der Waals surface area contributed by atoms with Gasteiger partial charge in [-0.1, -0.05) is 33.8 Å². The summed E-state index contributed by atoms with van der Waals surface area (Å²) >= 11 is 1.62. The highest BCUT2D eigenvalue weighted by Crippen LogP contribution is 2.27. The van der Waals surface area contributed by atoms with Crippen LogP contribution in [-0.2, 0) is 0 Å². The summed E-state index contributed by atoms with van der Waals surface area (Å²) in [5, 5.41) is 10.5. The van der Waals surface area contributed by atoms with Gasteiger partial charge < -0.3 is 5.11 Å². The monoisotopic (exact) mass is 237 g/mol. The lowest BCUT2D eigenvalue weighted by atomic mass is 9.87. The molecule has 1 heterocycles. The smallest absolute Gasteiger partial charge is 0.114 e. The van der Waals surface area contributed by atoms with Crippen LogP contribution in [0.1, 0.15) is 34.1 Å². The van der Waals surface area contributed by atoms with E-state index < -0.39 is 0 Å². The minimum Gasteiger partial charge on any atom is -0.508 e. The third kappa shape index (κ3) is 2.73. The van der Waals surface area contributed by atoms with Gasteiger partial charge >= 0.3 is 0 Å². The number of aliphatic hydroxyl groups excluding tert-OH is 1. The first-order valence-corrected chi connectivity index (χ1v) is 6.57. The van der Waals surface area contributed by atoms with Crippen LogP contribution in [0.2, 0.25) is 0 Å². The molecule has 0 saturated carbocycles. The Morgan fingerprint density at radius 2 is 2.06 bits per heavy atom. The van der Waals surface area contributed by atoms with E-state index in [4.69, 9.17) is 0 Å². The van der Waals surface area contributed by atoms with Gasteiger partial charge in [0.1, 0.15) is 5.76 Å². The number of aliphatic hydroxyl groups is 1. The summed E-state index contributed by atoms with van der Waals surface area (Å²) in [6.07, 6.45) is 6.77. The lowest BCUT2D eigenvalue weighted by molar-refractivity contribution is 0.423. The molecule has 1 aromatic heterocycles. The Morgan fingerprint density at radius 1 is 1.38 bits per heavy atom. The largest absolute Gasteiger partial charge is 0.508 e. The summed E-state index contributed by atoms with van der Waals surface area (Å²) in [6.45, 7) is 8.23. The molecule has 0 spiro atoms. The number of hydrogen-bond donors (Lipinski definition) is 1. The average Bonchev–Trinajstić information content (AvgIpc) is 2.63.